The second-order valence-corrected chi connectivity index (χ2v) is 9.07. The monoisotopic (exact) mass is 577 g/mol. The molecular weight excluding hydrogens is 550 g/mol. The van der Waals surface area contributed by atoms with E-state index >= 15 is 0 Å². The van der Waals surface area contributed by atoms with Crippen LogP contribution in [0.25, 0.3) is 12.2 Å². The van der Waals surface area contributed by atoms with Crippen LogP contribution in [-0.2, 0) is 4.79 Å². The fourth-order valence-electron chi connectivity index (χ4n) is 3.94. The Hall–Kier alpha value is -6.03. The van der Waals surface area contributed by atoms with Crippen LogP contribution in [0.2, 0.25) is 0 Å². The molecule has 0 aliphatic rings. The molecule has 0 aromatic heterocycles. The van der Waals surface area contributed by atoms with Gasteiger partial charge in [0.1, 0.15) is 5.70 Å². The number of methoxy groups -OCH3 is 2. The van der Waals surface area contributed by atoms with Gasteiger partial charge in [0.25, 0.3) is 17.5 Å². The van der Waals surface area contributed by atoms with Crippen molar-refractivity contribution < 1.29 is 28.8 Å². The molecule has 2 amide bonds. The van der Waals surface area contributed by atoms with Crippen molar-refractivity contribution in [1.82, 2.24) is 5.32 Å². The van der Waals surface area contributed by atoms with Crippen molar-refractivity contribution in [2.45, 2.75) is 0 Å². The maximum absolute atomic E-state index is 13.3. The normalized spacial score (nSPS) is 11.1. The van der Waals surface area contributed by atoms with Gasteiger partial charge in [-0.3, -0.25) is 24.5 Å². The van der Waals surface area contributed by atoms with Gasteiger partial charge in [0, 0.05) is 28.9 Å². The van der Waals surface area contributed by atoms with Crippen LogP contribution in [0.5, 0.6) is 11.5 Å². The number of non-ortho nitro benzene ring substituents is 1. The van der Waals surface area contributed by atoms with Gasteiger partial charge in [0.2, 0.25) is 0 Å². The Morgan fingerprint density at radius 3 is 2.05 bits per heavy atom. The number of nitrogens with zero attached hydrogens (tertiary/aromatic N) is 1. The summed E-state index contributed by atoms with van der Waals surface area (Å²) in [4.78, 5) is 49.2. The van der Waals surface area contributed by atoms with Crippen LogP contribution in [0.15, 0.2) is 109 Å². The van der Waals surface area contributed by atoms with E-state index in [1.807, 2.05) is 0 Å². The van der Waals surface area contributed by atoms with E-state index in [9.17, 15) is 24.5 Å². The highest BCUT2D eigenvalue weighted by atomic mass is 16.6. The molecule has 4 aromatic carbocycles. The molecule has 4 rings (SSSR count). The molecule has 0 aliphatic heterocycles. The Labute approximate surface area is 247 Å². The fourth-order valence-corrected chi connectivity index (χ4v) is 3.94. The number of carbonyl (C=O) groups is 3. The lowest BCUT2D eigenvalue weighted by atomic mass is 10.1. The van der Waals surface area contributed by atoms with Crippen LogP contribution in [0.1, 0.15) is 31.8 Å². The van der Waals surface area contributed by atoms with E-state index < -0.39 is 16.7 Å². The highest BCUT2D eigenvalue weighted by Gasteiger charge is 2.16. The molecule has 0 saturated heterocycles. The van der Waals surface area contributed by atoms with Crippen LogP contribution in [0, 0.1) is 10.1 Å². The molecular formula is C33H27N3O7. The summed E-state index contributed by atoms with van der Waals surface area (Å²) in [5.74, 6) is -0.385. The van der Waals surface area contributed by atoms with Crippen molar-refractivity contribution >= 4 is 41.1 Å². The standard InChI is InChI=1S/C33H27N3O7/c1-42-30-19-11-23(21-31(30)43-2)20-28(35-32(38)25-6-4-3-5-7-25)33(39)34-26-14-12-24(13-15-26)29(37)18-10-22-8-16-27(17-9-22)36(40)41/h3-21H,1-2H3,(H,34,39)(H,35,38)/b18-10+,28-20-. The molecule has 216 valence electrons. The van der Waals surface area contributed by atoms with E-state index in [0.717, 1.165) is 0 Å². The van der Waals surface area contributed by atoms with Crippen molar-refractivity contribution in [3.05, 3.63) is 141 Å². The average molecular weight is 578 g/mol. The van der Waals surface area contributed by atoms with Gasteiger partial charge in [-0.1, -0.05) is 30.3 Å². The number of hydrogen-bond acceptors (Lipinski definition) is 7. The van der Waals surface area contributed by atoms with Crippen LogP contribution in [0.3, 0.4) is 0 Å². The molecule has 0 heterocycles. The summed E-state index contributed by atoms with van der Waals surface area (Å²) < 4.78 is 10.6. The summed E-state index contributed by atoms with van der Waals surface area (Å²) in [6.07, 6.45) is 4.43. The van der Waals surface area contributed by atoms with Crippen molar-refractivity contribution in [3.8, 4) is 11.5 Å². The van der Waals surface area contributed by atoms with E-state index in [1.54, 1.807) is 91.0 Å². The van der Waals surface area contributed by atoms with Crippen LogP contribution in [0.4, 0.5) is 11.4 Å². The quantitative estimate of drug-likeness (QED) is 0.0977. The predicted octanol–water partition coefficient (Wildman–Crippen LogP) is 5.92. The predicted molar refractivity (Wildman–Crippen MR) is 163 cm³/mol. The first-order valence-corrected chi connectivity index (χ1v) is 13.0. The second kappa shape index (κ2) is 14.0. The summed E-state index contributed by atoms with van der Waals surface area (Å²) in [7, 11) is 3.01. The highest BCUT2D eigenvalue weighted by Crippen LogP contribution is 2.28. The number of nitro benzene ring substituents is 1. The number of hydrogen-bond donors (Lipinski definition) is 2. The molecule has 10 nitrogen and oxygen atoms in total. The zero-order valence-corrected chi connectivity index (χ0v) is 23.3. The number of nitro groups is 1. The van der Waals surface area contributed by atoms with Gasteiger partial charge in [0.15, 0.2) is 17.3 Å². The number of rotatable bonds is 11. The molecule has 4 aromatic rings. The maximum Gasteiger partial charge on any atom is 0.272 e. The minimum absolute atomic E-state index is 0.0211. The molecule has 0 radical (unpaired) electrons. The van der Waals surface area contributed by atoms with E-state index in [0.29, 0.717) is 39.4 Å². The molecule has 0 spiro atoms. The second-order valence-electron chi connectivity index (χ2n) is 9.07. The first kappa shape index (κ1) is 29.9. The molecule has 0 bridgehead atoms. The Morgan fingerprint density at radius 2 is 1.42 bits per heavy atom. The van der Waals surface area contributed by atoms with Gasteiger partial charge in [-0.15, -0.1) is 0 Å². The SMILES string of the molecule is COc1ccc(/C=C(\NC(=O)c2ccccc2)C(=O)Nc2ccc(C(=O)/C=C/c3ccc([N+](=O)[O-])cc3)cc2)cc1OC. The molecule has 0 aliphatic carbocycles. The maximum atomic E-state index is 13.3. The lowest BCUT2D eigenvalue weighted by Gasteiger charge is -2.13. The van der Waals surface area contributed by atoms with Gasteiger partial charge in [-0.25, -0.2) is 0 Å². The summed E-state index contributed by atoms with van der Waals surface area (Å²) in [5, 5.41) is 16.2. The third-order valence-electron chi connectivity index (χ3n) is 6.21. The summed E-state index contributed by atoms with van der Waals surface area (Å²) >= 11 is 0. The first-order valence-electron chi connectivity index (χ1n) is 13.0. The van der Waals surface area contributed by atoms with Gasteiger partial charge in [-0.05, 0) is 83.9 Å². The largest absolute Gasteiger partial charge is 0.493 e. The smallest absolute Gasteiger partial charge is 0.272 e. The average Bonchev–Trinajstić information content (AvgIpc) is 3.04. The summed E-state index contributed by atoms with van der Waals surface area (Å²) in [5.41, 5.74) is 2.29. The molecule has 43 heavy (non-hydrogen) atoms. The third-order valence-corrected chi connectivity index (χ3v) is 6.21. The number of allylic oxidation sites excluding steroid dienone is 1. The summed E-state index contributed by atoms with van der Waals surface area (Å²) in [6.45, 7) is 0. The lowest BCUT2D eigenvalue weighted by Crippen LogP contribution is -2.30. The summed E-state index contributed by atoms with van der Waals surface area (Å²) in [6, 6.07) is 25.6. The molecule has 0 fully saturated rings. The number of ketones is 1. The Bertz CT molecular complexity index is 1700. The van der Waals surface area contributed by atoms with Gasteiger partial charge in [0.05, 0.1) is 19.1 Å². The number of ether oxygens (including phenoxy) is 2. The van der Waals surface area contributed by atoms with Crippen molar-refractivity contribution in [3.63, 3.8) is 0 Å². The molecule has 0 saturated carbocycles. The zero-order chi connectivity index (χ0) is 30.8. The Morgan fingerprint density at radius 1 is 0.767 bits per heavy atom. The van der Waals surface area contributed by atoms with E-state index in [-0.39, 0.29) is 17.2 Å². The molecule has 10 heteroatoms. The molecule has 0 atom stereocenters. The van der Waals surface area contributed by atoms with Crippen LogP contribution >= 0.6 is 0 Å². The molecule has 2 N–H and O–H groups in total. The minimum Gasteiger partial charge on any atom is -0.493 e. The highest BCUT2D eigenvalue weighted by molar-refractivity contribution is 6.11. The minimum atomic E-state index is -0.587. The van der Waals surface area contributed by atoms with Gasteiger partial charge >= 0.3 is 0 Å². The first-order chi connectivity index (χ1) is 20.8. The van der Waals surface area contributed by atoms with Crippen LogP contribution in [-0.4, -0.2) is 36.7 Å². The number of anilines is 1. The number of amides is 2. The zero-order valence-electron chi connectivity index (χ0n) is 23.3. The van der Waals surface area contributed by atoms with E-state index in [1.165, 1.54) is 38.5 Å². The third kappa shape index (κ3) is 8.01. The van der Waals surface area contributed by atoms with E-state index in [4.69, 9.17) is 9.47 Å². The van der Waals surface area contributed by atoms with Crippen molar-refractivity contribution in [2.24, 2.45) is 0 Å². The van der Waals surface area contributed by atoms with Crippen molar-refractivity contribution in [2.75, 3.05) is 19.5 Å². The van der Waals surface area contributed by atoms with E-state index in [2.05, 4.69) is 10.6 Å². The van der Waals surface area contributed by atoms with Crippen LogP contribution < -0.4 is 20.1 Å². The number of nitrogens with one attached hydrogen (secondary N) is 2. The fraction of sp³-hybridized carbons (Fsp3) is 0.0606. The van der Waals surface area contributed by atoms with Gasteiger partial charge in [-0.2, -0.15) is 0 Å². The number of carbonyl (C=O) groups excluding carboxylic acids is 3. The van der Waals surface area contributed by atoms with Gasteiger partial charge < -0.3 is 20.1 Å². The van der Waals surface area contributed by atoms with Crippen molar-refractivity contribution in [1.29, 1.82) is 0 Å². The molecule has 0 unspecified atom stereocenters. The number of benzene rings is 4. The topological polar surface area (TPSA) is 137 Å². The lowest BCUT2D eigenvalue weighted by molar-refractivity contribution is -0.384. The Kier molecular flexibility index (Phi) is 9.78. The Balaban J connectivity index is 1.51.